The van der Waals surface area contributed by atoms with Crippen LogP contribution in [0.3, 0.4) is 0 Å². The first-order valence-electron chi connectivity index (χ1n) is 9.46. The molecule has 1 aliphatic heterocycles. The lowest BCUT2D eigenvalue weighted by Gasteiger charge is -2.43. The molecule has 0 spiro atoms. The van der Waals surface area contributed by atoms with E-state index in [-0.39, 0.29) is 12.1 Å². The minimum absolute atomic E-state index is 0.0720. The summed E-state index contributed by atoms with van der Waals surface area (Å²) in [5.74, 6) is -1.55. The predicted octanol–water partition coefficient (Wildman–Crippen LogP) is 3.54. The van der Waals surface area contributed by atoms with Crippen molar-refractivity contribution >= 4 is 5.91 Å². The van der Waals surface area contributed by atoms with Gasteiger partial charge in [-0.1, -0.05) is 6.07 Å². The maximum Gasteiger partial charge on any atom is 0.260 e. The fourth-order valence-electron chi connectivity index (χ4n) is 4.46. The fraction of sp³-hybridized carbons (Fsp3) is 0.650. The molecular formula is C20H25F2NO3. The van der Waals surface area contributed by atoms with Crippen molar-refractivity contribution in [1.82, 2.24) is 4.90 Å². The summed E-state index contributed by atoms with van der Waals surface area (Å²) >= 11 is 0. The highest BCUT2D eigenvalue weighted by molar-refractivity contribution is 5.95. The van der Waals surface area contributed by atoms with Crippen LogP contribution in [-0.4, -0.2) is 48.8 Å². The lowest BCUT2D eigenvalue weighted by Crippen LogP contribution is -2.53. The number of nitrogens with zero attached hydrogens (tertiary/aromatic N) is 1. The Morgan fingerprint density at radius 1 is 1.23 bits per heavy atom. The lowest BCUT2D eigenvalue weighted by atomic mass is 9.79. The number of hydrogen-bond donors (Lipinski definition) is 0. The summed E-state index contributed by atoms with van der Waals surface area (Å²) in [6, 6.07) is 3.31. The maximum atomic E-state index is 14.1. The lowest BCUT2D eigenvalue weighted by molar-refractivity contribution is -0.0977. The maximum absolute atomic E-state index is 14.1. The van der Waals surface area contributed by atoms with Crippen LogP contribution in [0, 0.1) is 17.6 Å². The van der Waals surface area contributed by atoms with Crippen molar-refractivity contribution in [1.29, 1.82) is 0 Å². The van der Waals surface area contributed by atoms with E-state index in [9.17, 15) is 13.6 Å². The highest BCUT2D eigenvalue weighted by atomic mass is 19.1. The number of hydrogen-bond acceptors (Lipinski definition) is 3. The van der Waals surface area contributed by atoms with Crippen LogP contribution in [0.15, 0.2) is 18.2 Å². The van der Waals surface area contributed by atoms with Crippen LogP contribution in [0.25, 0.3) is 0 Å². The van der Waals surface area contributed by atoms with Gasteiger partial charge < -0.3 is 14.4 Å². The van der Waals surface area contributed by atoms with Crippen molar-refractivity contribution in [2.75, 3.05) is 20.3 Å². The monoisotopic (exact) mass is 365 g/mol. The van der Waals surface area contributed by atoms with Gasteiger partial charge in [0.05, 0.1) is 17.7 Å². The summed E-state index contributed by atoms with van der Waals surface area (Å²) in [6.07, 6.45) is 5.57. The Balaban J connectivity index is 1.55. The molecule has 2 aliphatic carbocycles. The van der Waals surface area contributed by atoms with Crippen molar-refractivity contribution in [2.24, 2.45) is 5.92 Å². The third-order valence-corrected chi connectivity index (χ3v) is 6.24. The Labute approximate surface area is 152 Å². The zero-order chi connectivity index (χ0) is 18.3. The smallest absolute Gasteiger partial charge is 0.260 e. The third-order valence-electron chi connectivity index (χ3n) is 6.24. The number of rotatable bonds is 5. The van der Waals surface area contributed by atoms with Crippen LogP contribution < -0.4 is 0 Å². The minimum Gasteiger partial charge on any atom is -0.378 e. The van der Waals surface area contributed by atoms with Gasteiger partial charge in [-0.2, -0.15) is 0 Å². The zero-order valence-corrected chi connectivity index (χ0v) is 15.0. The molecule has 0 N–H and O–H groups in total. The highest BCUT2D eigenvalue weighted by Crippen LogP contribution is 2.44. The number of methoxy groups -OCH3 is 1. The molecule has 1 saturated heterocycles. The van der Waals surface area contributed by atoms with E-state index in [1.54, 1.807) is 12.0 Å². The molecule has 0 unspecified atom stereocenters. The van der Waals surface area contributed by atoms with Gasteiger partial charge in [-0.05, 0) is 56.6 Å². The molecule has 0 bridgehead atoms. The second kappa shape index (κ2) is 6.89. The van der Waals surface area contributed by atoms with Crippen LogP contribution in [0.5, 0.6) is 0 Å². The van der Waals surface area contributed by atoms with Crippen molar-refractivity contribution < 1.29 is 23.0 Å². The average molecular weight is 365 g/mol. The number of halogens is 2. The van der Waals surface area contributed by atoms with Gasteiger partial charge >= 0.3 is 0 Å². The van der Waals surface area contributed by atoms with E-state index in [4.69, 9.17) is 9.47 Å². The Bertz CT molecular complexity index is 673. The van der Waals surface area contributed by atoms with Crippen LogP contribution in [0.2, 0.25) is 0 Å². The van der Waals surface area contributed by atoms with E-state index in [1.165, 1.54) is 18.9 Å². The van der Waals surface area contributed by atoms with Gasteiger partial charge in [0.25, 0.3) is 5.91 Å². The summed E-state index contributed by atoms with van der Waals surface area (Å²) in [6.45, 7) is 1.22. The van der Waals surface area contributed by atoms with E-state index >= 15 is 0 Å². The molecule has 1 amide bonds. The van der Waals surface area contributed by atoms with Crippen LogP contribution >= 0.6 is 0 Å². The molecule has 1 aromatic carbocycles. The molecule has 4 nitrogen and oxygen atoms in total. The van der Waals surface area contributed by atoms with Gasteiger partial charge in [0.15, 0.2) is 0 Å². The van der Waals surface area contributed by atoms with Crippen LogP contribution in [0.4, 0.5) is 8.78 Å². The van der Waals surface area contributed by atoms with Crippen molar-refractivity contribution in [3.05, 3.63) is 35.4 Å². The highest BCUT2D eigenvalue weighted by Gasteiger charge is 2.53. The van der Waals surface area contributed by atoms with E-state index in [0.717, 1.165) is 31.6 Å². The fourth-order valence-corrected chi connectivity index (χ4v) is 4.46. The minimum atomic E-state index is -0.817. The molecule has 4 rings (SSSR count). The average Bonchev–Trinajstić information content (AvgIpc) is 3.38. The van der Waals surface area contributed by atoms with Crippen molar-refractivity contribution in [3.63, 3.8) is 0 Å². The Hall–Kier alpha value is -1.53. The van der Waals surface area contributed by atoms with Gasteiger partial charge in [0, 0.05) is 20.3 Å². The number of ether oxygens (including phenoxy) is 2. The molecule has 1 heterocycles. The largest absolute Gasteiger partial charge is 0.378 e. The normalized spacial score (nSPS) is 31.1. The molecule has 2 saturated carbocycles. The standard InChI is InChI=1S/C20H25F2NO3/c1-25-20-8-7-14(26-12-13-5-6-13)11-17(20)23(10-9-20)19(24)18-15(21)3-2-4-16(18)22/h2-4,13-14,17H,5-12H2,1H3/t14-,17+,20-/m1/s1. The number of carbonyl (C=O) groups excluding carboxylic acids is 1. The molecule has 1 aromatic rings. The first-order chi connectivity index (χ1) is 12.5. The molecule has 142 valence electrons. The van der Waals surface area contributed by atoms with Crippen LogP contribution in [0.1, 0.15) is 48.9 Å². The second-order valence-corrected chi connectivity index (χ2v) is 7.80. The molecule has 3 aliphatic rings. The molecule has 6 heteroatoms. The Morgan fingerprint density at radius 2 is 1.96 bits per heavy atom. The summed E-state index contributed by atoms with van der Waals surface area (Å²) in [4.78, 5) is 14.5. The zero-order valence-electron chi connectivity index (χ0n) is 15.0. The van der Waals surface area contributed by atoms with E-state index in [1.807, 2.05) is 0 Å². The summed E-state index contributed by atoms with van der Waals surface area (Å²) in [5.41, 5.74) is -0.906. The topological polar surface area (TPSA) is 38.8 Å². The Kier molecular flexibility index (Phi) is 4.73. The van der Waals surface area contributed by atoms with Crippen molar-refractivity contribution in [3.8, 4) is 0 Å². The molecular weight excluding hydrogens is 340 g/mol. The second-order valence-electron chi connectivity index (χ2n) is 7.80. The van der Waals surface area contributed by atoms with Crippen LogP contribution in [-0.2, 0) is 9.47 Å². The summed E-state index contributed by atoms with van der Waals surface area (Å²) in [7, 11) is 1.66. The summed E-state index contributed by atoms with van der Waals surface area (Å²) in [5, 5.41) is 0. The third kappa shape index (κ3) is 3.14. The van der Waals surface area contributed by atoms with E-state index in [0.29, 0.717) is 25.3 Å². The van der Waals surface area contributed by atoms with E-state index < -0.39 is 28.7 Å². The predicted molar refractivity (Wildman–Crippen MR) is 91.9 cm³/mol. The molecule has 3 atom stereocenters. The van der Waals surface area contributed by atoms with Gasteiger partial charge in [0.2, 0.25) is 0 Å². The van der Waals surface area contributed by atoms with Gasteiger partial charge in [-0.15, -0.1) is 0 Å². The molecule has 3 fully saturated rings. The van der Waals surface area contributed by atoms with Gasteiger partial charge in [-0.25, -0.2) is 8.78 Å². The number of carbonyl (C=O) groups is 1. The van der Waals surface area contributed by atoms with Crippen molar-refractivity contribution in [2.45, 2.75) is 56.3 Å². The number of likely N-dealkylation sites (tertiary alicyclic amines) is 1. The SMILES string of the molecule is CO[C@@]12CC[C@@H](OCC3CC3)C[C@@H]1N(C(=O)c1c(F)cccc1F)CC2. The van der Waals surface area contributed by atoms with E-state index in [2.05, 4.69) is 0 Å². The number of fused-ring (bicyclic) bond motifs is 1. The molecule has 26 heavy (non-hydrogen) atoms. The Morgan fingerprint density at radius 3 is 2.62 bits per heavy atom. The first-order valence-corrected chi connectivity index (χ1v) is 9.46. The first kappa shape index (κ1) is 17.9. The number of benzene rings is 1. The quantitative estimate of drug-likeness (QED) is 0.801. The van der Waals surface area contributed by atoms with Gasteiger partial charge in [-0.3, -0.25) is 4.79 Å². The number of amides is 1. The summed E-state index contributed by atoms with van der Waals surface area (Å²) < 4.78 is 40.1. The molecule has 0 aromatic heterocycles. The van der Waals surface area contributed by atoms with Gasteiger partial charge in [0.1, 0.15) is 17.2 Å². The molecule has 0 radical (unpaired) electrons.